The number of aliphatic imine (C=N–C) groups is 1. The van der Waals surface area contributed by atoms with Gasteiger partial charge >= 0.3 is 0 Å². The number of nitrogens with zero attached hydrogens (tertiary/aromatic N) is 2. The summed E-state index contributed by atoms with van der Waals surface area (Å²) in [5, 5.41) is 8.45. The number of carbonyl (C=O) groups is 1. The number of anilines is 2. The molecule has 1 atom stereocenters. The van der Waals surface area contributed by atoms with E-state index in [1.807, 2.05) is 44.2 Å². The average Bonchev–Trinajstić information content (AvgIpc) is 3.25. The zero-order valence-corrected chi connectivity index (χ0v) is 17.4. The van der Waals surface area contributed by atoms with Crippen molar-refractivity contribution in [3.8, 4) is 0 Å². The summed E-state index contributed by atoms with van der Waals surface area (Å²) in [5.74, 6) is 0.221. The average molecular weight is 411 g/mol. The van der Waals surface area contributed by atoms with Crippen LogP contribution in [0.5, 0.6) is 0 Å². The molecule has 0 aliphatic carbocycles. The smallest absolute Gasteiger partial charge is 0.221 e. The molecule has 0 spiro atoms. The van der Waals surface area contributed by atoms with Crippen molar-refractivity contribution in [1.82, 2.24) is 4.98 Å². The second kappa shape index (κ2) is 8.32. The normalized spacial score (nSPS) is 16.6. The maximum absolute atomic E-state index is 12.0. The van der Waals surface area contributed by atoms with Gasteiger partial charge in [-0.25, -0.2) is 9.98 Å². The third-order valence-corrected chi connectivity index (χ3v) is 6.33. The zero-order valence-electron chi connectivity index (χ0n) is 15.8. The molecule has 2 heterocycles. The van der Waals surface area contributed by atoms with E-state index in [9.17, 15) is 4.79 Å². The number of rotatable bonds is 6. The van der Waals surface area contributed by atoms with Crippen molar-refractivity contribution in [2.45, 2.75) is 26.3 Å². The Morgan fingerprint density at radius 3 is 2.79 bits per heavy atom. The Morgan fingerprint density at radius 1 is 1.14 bits per heavy atom. The van der Waals surface area contributed by atoms with Crippen molar-refractivity contribution in [3.63, 3.8) is 0 Å². The van der Waals surface area contributed by atoms with E-state index in [0.29, 0.717) is 5.17 Å². The molecule has 0 amide bonds. The number of thioether (sulfide) groups is 1. The summed E-state index contributed by atoms with van der Waals surface area (Å²) in [6, 6.07) is 16.2. The summed E-state index contributed by atoms with van der Waals surface area (Å²) >= 11 is 2.87. The highest BCUT2D eigenvalue weighted by molar-refractivity contribution is 8.27. The zero-order chi connectivity index (χ0) is 19.5. The molecular weight excluding hydrogens is 388 g/mol. The number of nitrogens with one attached hydrogen (secondary N) is 2. The molecule has 0 unspecified atom stereocenters. The predicted molar refractivity (Wildman–Crippen MR) is 121 cm³/mol. The Morgan fingerprint density at radius 2 is 2.00 bits per heavy atom. The maximum atomic E-state index is 12.0. The summed E-state index contributed by atoms with van der Waals surface area (Å²) in [7, 11) is 0. The van der Waals surface area contributed by atoms with E-state index < -0.39 is 0 Å². The minimum Gasteiger partial charge on any atom is -0.361 e. The highest BCUT2D eigenvalue weighted by atomic mass is 32.2. The van der Waals surface area contributed by atoms with Gasteiger partial charge in [0.05, 0.1) is 10.2 Å². The number of benzene rings is 2. The van der Waals surface area contributed by atoms with Crippen LogP contribution in [0.15, 0.2) is 53.5 Å². The van der Waals surface area contributed by atoms with Crippen LogP contribution in [-0.4, -0.2) is 27.9 Å². The van der Waals surface area contributed by atoms with Crippen molar-refractivity contribution < 1.29 is 4.79 Å². The molecule has 28 heavy (non-hydrogen) atoms. The Kier molecular flexibility index (Phi) is 5.64. The number of fused-ring (bicyclic) bond motifs is 1. The number of carbonyl (C=O) groups excluding carboxylic acids is 1. The number of hydrogen-bond acceptors (Lipinski definition) is 7. The Balaban J connectivity index is 1.35. The number of thiazole rings is 1. The van der Waals surface area contributed by atoms with Crippen molar-refractivity contribution >= 4 is 54.4 Å². The Labute approximate surface area is 172 Å². The van der Waals surface area contributed by atoms with Crippen LogP contribution in [0.4, 0.5) is 10.8 Å². The first-order valence-electron chi connectivity index (χ1n) is 9.33. The first kappa shape index (κ1) is 19.0. The van der Waals surface area contributed by atoms with Gasteiger partial charge in [0.2, 0.25) is 5.12 Å². The summed E-state index contributed by atoms with van der Waals surface area (Å²) < 4.78 is 1.19. The van der Waals surface area contributed by atoms with E-state index in [1.54, 1.807) is 11.3 Å². The molecule has 144 valence electrons. The van der Waals surface area contributed by atoms with Crippen LogP contribution in [-0.2, 0) is 11.2 Å². The molecule has 0 saturated heterocycles. The van der Waals surface area contributed by atoms with E-state index in [2.05, 4.69) is 38.8 Å². The molecule has 0 bridgehead atoms. The summed E-state index contributed by atoms with van der Waals surface area (Å²) in [6.45, 7) is 4.86. The second-order valence-electron chi connectivity index (χ2n) is 7.03. The van der Waals surface area contributed by atoms with E-state index in [1.165, 1.54) is 22.0 Å². The predicted octanol–water partition coefficient (Wildman–Crippen LogP) is 5.02. The largest absolute Gasteiger partial charge is 0.361 e. The van der Waals surface area contributed by atoms with E-state index >= 15 is 0 Å². The van der Waals surface area contributed by atoms with Crippen LogP contribution in [0.25, 0.3) is 10.2 Å². The van der Waals surface area contributed by atoms with Crippen LogP contribution in [0.3, 0.4) is 0 Å². The molecular formula is C21H22N4OS2. The van der Waals surface area contributed by atoms with Crippen molar-refractivity contribution in [2.24, 2.45) is 10.9 Å². The van der Waals surface area contributed by atoms with Crippen molar-refractivity contribution in [3.05, 3.63) is 54.1 Å². The molecule has 2 aromatic carbocycles. The third-order valence-electron chi connectivity index (χ3n) is 4.49. The highest BCUT2D eigenvalue weighted by Gasteiger charge is 2.30. The second-order valence-corrected chi connectivity index (χ2v) is 9.06. The Hall–Kier alpha value is -2.38. The minimum absolute atomic E-state index is 0.119. The summed E-state index contributed by atoms with van der Waals surface area (Å²) in [6.07, 6.45) is 0.888. The van der Waals surface area contributed by atoms with Gasteiger partial charge in [0.1, 0.15) is 6.04 Å². The lowest BCUT2D eigenvalue weighted by atomic mass is 10.1. The van der Waals surface area contributed by atoms with Crippen LogP contribution in [0.2, 0.25) is 0 Å². The van der Waals surface area contributed by atoms with Gasteiger partial charge in [0.25, 0.3) is 0 Å². The van der Waals surface area contributed by atoms with Crippen molar-refractivity contribution in [1.29, 1.82) is 0 Å². The monoisotopic (exact) mass is 410 g/mol. The molecule has 7 heteroatoms. The molecule has 1 aromatic heterocycles. The lowest BCUT2D eigenvalue weighted by molar-refractivity contribution is -0.112. The lowest BCUT2D eigenvalue weighted by Crippen LogP contribution is -2.17. The fraction of sp³-hybridized carbons (Fsp3) is 0.286. The number of amidine groups is 1. The first-order valence-corrected chi connectivity index (χ1v) is 11.0. The van der Waals surface area contributed by atoms with Gasteiger partial charge in [0, 0.05) is 12.2 Å². The number of aromatic nitrogens is 1. The summed E-state index contributed by atoms with van der Waals surface area (Å²) in [4.78, 5) is 21.1. The molecule has 1 aliphatic rings. The van der Waals surface area contributed by atoms with Crippen LogP contribution in [0.1, 0.15) is 19.4 Å². The molecule has 4 rings (SSSR count). The van der Waals surface area contributed by atoms with Gasteiger partial charge in [-0.3, -0.25) is 4.79 Å². The molecule has 5 nitrogen and oxygen atoms in total. The number of hydrogen-bond donors (Lipinski definition) is 2. The molecule has 0 saturated carbocycles. The maximum Gasteiger partial charge on any atom is 0.221 e. The number of para-hydroxylation sites is 1. The van der Waals surface area contributed by atoms with Crippen LogP contribution < -0.4 is 10.6 Å². The fourth-order valence-electron chi connectivity index (χ4n) is 3.03. The van der Waals surface area contributed by atoms with Gasteiger partial charge in [-0.15, -0.1) is 0 Å². The van der Waals surface area contributed by atoms with Crippen LogP contribution >= 0.6 is 23.1 Å². The molecule has 3 aromatic rings. The van der Waals surface area contributed by atoms with Gasteiger partial charge in [-0.2, -0.15) is 0 Å². The minimum atomic E-state index is -0.242. The van der Waals surface area contributed by atoms with E-state index in [-0.39, 0.29) is 17.1 Å². The third kappa shape index (κ3) is 4.36. The fourth-order valence-corrected chi connectivity index (χ4v) is 4.89. The molecule has 1 aliphatic heterocycles. The molecule has 2 N–H and O–H groups in total. The van der Waals surface area contributed by atoms with Gasteiger partial charge in [-0.05, 0) is 53.9 Å². The lowest BCUT2D eigenvalue weighted by Gasteiger charge is -2.08. The standard InChI is InChI=1S/C21H22N4OS2/c1-13(2)18-19(26)28-21(25-18)23-15-7-5-6-14(12-15)10-11-22-20-24-16-8-3-4-9-17(16)27-20/h3-9,12-13,18H,10-11H2,1-2H3,(H,22,24)(H,23,25)/t18-/m0/s1. The van der Waals surface area contributed by atoms with Gasteiger partial charge < -0.3 is 10.6 Å². The molecule has 0 radical (unpaired) electrons. The first-order chi connectivity index (χ1) is 13.6. The molecule has 0 fully saturated rings. The quantitative estimate of drug-likeness (QED) is 0.597. The topological polar surface area (TPSA) is 66.4 Å². The SMILES string of the molecule is CC(C)[C@@H]1N=C(Nc2cccc(CCNc3nc4ccccc4s3)c2)SC1=O. The van der Waals surface area contributed by atoms with Gasteiger partial charge in [0.15, 0.2) is 10.3 Å². The van der Waals surface area contributed by atoms with Gasteiger partial charge in [-0.1, -0.05) is 49.4 Å². The van der Waals surface area contributed by atoms with Crippen LogP contribution in [0, 0.1) is 5.92 Å². The highest BCUT2D eigenvalue weighted by Crippen LogP contribution is 2.27. The van der Waals surface area contributed by atoms with E-state index in [4.69, 9.17) is 0 Å². The Bertz CT molecular complexity index is 995. The van der Waals surface area contributed by atoms with Crippen molar-refractivity contribution in [2.75, 3.05) is 17.2 Å². The van der Waals surface area contributed by atoms with E-state index in [0.717, 1.165) is 29.3 Å². The summed E-state index contributed by atoms with van der Waals surface area (Å²) in [5.41, 5.74) is 3.21.